The summed E-state index contributed by atoms with van der Waals surface area (Å²) in [7, 11) is -3.54. The summed E-state index contributed by atoms with van der Waals surface area (Å²) in [6.07, 6.45) is 4.56. The van der Waals surface area contributed by atoms with Gasteiger partial charge in [-0.1, -0.05) is 23.8 Å². The molecule has 1 aromatic heterocycles. The predicted molar refractivity (Wildman–Crippen MR) is 130 cm³/mol. The number of hydrogen-bond acceptors (Lipinski definition) is 5. The highest BCUT2D eigenvalue weighted by atomic mass is 32.2. The number of fused-ring (bicyclic) bond motifs is 1. The molecule has 1 aliphatic heterocycles. The van der Waals surface area contributed by atoms with Crippen LogP contribution in [-0.4, -0.2) is 42.9 Å². The van der Waals surface area contributed by atoms with Gasteiger partial charge in [0.05, 0.1) is 21.7 Å². The summed E-state index contributed by atoms with van der Waals surface area (Å²) in [5.41, 5.74) is 1.28. The second-order valence-corrected chi connectivity index (χ2v) is 10.7. The van der Waals surface area contributed by atoms with Crippen molar-refractivity contribution in [2.24, 2.45) is 4.99 Å². The van der Waals surface area contributed by atoms with Crippen molar-refractivity contribution >= 4 is 37.5 Å². The standard InChI is InChI=1S/C24H27N3O4S2/c1-3-14-27-21-13-10-19(31-4-2)17-22(21)32-24(27)25-23(28)18-8-11-20(12-9-18)33(29,30)26-15-6-5-7-16-26/h3,8-13,17H,1,4-7,14-16H2,2H3. The molecule has 1 fully saturated rings. The quantitative estimate of drug-likeness (QED) is 0.470. The second-order valence-electron chi connectivity index (χ2n) is 7.75. The van der Waals surface area contributed by atoms with E-state index in [1.165, 1.54) is 39.9 Å². The van der Waals surface area contributed by atoms with Gasteiger partial charge in [0.25, 0.3) is 5.91 Å². The molecule has 1 aliphatic rings. The van der Waals surface area contributed by atoms with Gasteiger partial charge in [-0.05, 0) is 62.2 Å². The number of carbonyl (C=O) groups is 1. The largest absolute Gasteiger partial charge is 0.494 e. The van der Waals surface area contributed by atoms with Gasteiger partial charge >= 0.3 is 0 Å². The van der Waals surface area contributed by atoms with E-state index in [1.54, 1.807) is 6.08 Å². The highest BCUT2D eigenvalue weighted by Crippen LogP contribution is 2.24. The van der Waals surface area contributed by atoms with Gasteiger partial charge in [-0.2, -0.15) is 9.30 Å². The van der Waals surface area contributed by atoms with E-state index >= 15 is 0 Å². The summed E-state index contributed by atoms with van der Waals surface area (Å²) in [4.78, 5) is 18.0. The fraction of sp³-hybridized carbons (Fsp3) is 0.333. The highest BCUT2D eigenvalue weighted by Gasteiger charge is 2.26. The summed E-state index contributed by atoms with van der Waals surface area (Å²) < 4.78 is 35.7. The van der Waals surface area contributed by atoms with Crippen molar-refractivity contribution in [3.8, 4) is 5.75 Å². The molecule has 1 amide bonds. The maximum absolute atomic E-state index is 12.9. The van der Waals surface area contributed by atoms with Crippen LogP contribution in [-0.2, 0) is 16.6 Å². The van der Waals surface area contributed by atoms with E-state index in [0.29, 0.717) is 36.6 Å². The molecule has 33 heavy (non-hydrogen) atoms. The van der Waals surface area contributed by atoms with E-state index in [1.807, 2.05) is 29.7 Å². The van der Waals surface area contributed by atoms with E-state index in [9.17, 15) is 13.2 Å². The lowest BCUT2D eigenvalue weighted by atomic mass is 10.2. The number of allylic oxidation sites excluding steroid dienone is 1. The molecule has 9 heteroatoms. The van der Waals surface area contributed by atoms with Crippen molar-refractivity contribution in [1.29, 1.82) is 0 Å². The monoisotopic (exact) mass is 485 g/mol. The summed E-state index contributed by atoms with van der Waals surface area (Å²) in [6, 6.07) is 11.8. The van der Waals surface area contributed by atoms with Crippen LogP contribution in [0.5, 0.6) is 5.75 Å². The van der Waals surface area contributed by atoms with Crippen LogP contribution in [0.15, 0.2) is 65.0 Å². The number of ether oxygens (including phenoxy) is 1. The van der Waals surface area contributed by atoms with E-state index in [-0.39, 0.29) is 4.90 Å². The molecule has 7 nitrogen and oxygen atoms in total. The Labute approximate surface area is 197 Å². The molecule has 174 valence electrons. The molecular formula is C24H27N3O4S2. The number of nitrogens with zero attached hydrogens (tertiary/aromatic N) is 3. The zero-order valence-electron chi connectivity index (χ0n) is 18.6. The van der Waals surface area contributed by atoms with Crippen molar-refractivity contribution in [2.75, 3.05) is 19.7 Å². The van der Waals surface area contributed by atoms with Crippen LogP contribution in [0.1, 0.15) is 36.5 Å². The third-order valence-electron chi connectivity index (χ3n) is 5.53. The maximum Gasteiger partial charge on any atom is 0.279 e. The molecule has 3 aromatic rings. The van der Waals surface area contributed by atoms with E-state index in [2.05, 4.69) is 11.6 Å². The van der Waals surface area contributed by atoms with Gasteiger partial charge in [0.1, 0.15) is 5.75 Å². The summed E-state index contributed by atoms with van der Waals surface area (Å²) >= 11 is 1.40. The Kier molecular flexibility index (Phi) is 7.11. The number of carbonyl (C=O) groups excluding carboxylic acids is 1. The van der Waals surface area contributed by atoms with Crippen LogP contribution in [0.3, 0.4) is 0 Å². The molecule has 2 heterocycles. The van der Waals surface area contributed by atoms with E-state index in [4.69, 9.17) is 4.74 Å². The molecule has 0 saturated carbocycles. The topological polar surface area (TPSA) is 81.0 Å². The van der Waals surface area contributed by atoms with Gasteiger partial charge in [0.15, 0.2) is 4.80 Å². The minimum atomic E-state index is -3.54. The smallest absolute Gasteiger partial charge is 0.279 e. The first kappa shape index (κ1) is 23.4. The highest BCUT2D eigenvalue weighted by molar-refractivity contribution is 7.89. The number of piperidine rings is 1. The van der Waals surface area contributed by atoms with Crippen LogP contribution in [0.4, 0.5) is 0 Å². The van der Waals surface area contributed by atoms with Crippen LogP contribution in [0.2, 0.25) is 0 Å². The molecule has 0 bridgehead atoms. The second kappa shape index (κ2) is 10.0. The fourth-order valence-electron chi connectivity index (χ4n) is 3.88. The molecule has 0 radical (unpaired) electrons. The Morgan fingerprint density at radius 2 is 1.88 bits per heavy atom. The molecule has 2 aromatic carbocycles. The van der Waals surface area contributed by atoms with Gasteiger partial charge in [0, 0.05) is 25.2 Å². The predicted octanol–water partition coefficient (Wildman–Crippen LogP) is 4.20. The molecule has 0 N–H and O–H groups in total. The molecule has 0 atom stereocenters. The number of thiazole rings is 1. The summed E-state index contributed by atoms with van der Waals surface area (Å²) in [5, 5.41) is 0. The van der Waals surface area contributed by atoms with E-state index < -0.39 is 15.9 Å². The lowest BCUT2D eigenvalue weighted by molar-refractivity contribution is 0.0997. The fourth-order valence-corrected chi connectivity index (χ4v) is 6.46. The first-order valence-electron chi connectivity index (χ1n) is 11.0. The Morgan fingerprint density at radius 1 is 1.15 bits per heavy atom. The van der Waals surface area contributed by atoms with E-state index in [0.717, 1.165) is 35.2 Å². The molecule has 1 saturated heterocycles. The van der Waals surface area contributed by atoms with Crippen molar-refractivity contribution in [3.05, 3.63) is 65.5 Å². The molecule has 0 unspecified atom stereocenters. The summed E-state index contributed by atoms with van der Waals surface area (Å²) in [5.74, 6) is 0.340. The number of hydrogen-bond donors (Lipinski definition) is 0. The summed E-state index contributed by atoms with van der Waals surface area (Å²) in [6.45, 7) is 7.90. The number of benzene rings is 2. The molecule has 4 rings (SSSR count). The van der Waals surface area contributed by atoms with Crippen molar-refractivity contribution in [2.45, 2.75) is 37.6 Å². The van der Waals surface area contributed by atoms with Gasteiger partial charge in [-0.3, -0.25) is 4.79 Å². The average molecular weight is 486 g/mol. The first-order chi connectivity index (χ1) is 15.9. The van der Waals surface area contributed by atoms with Crippen LogP contribution in [0, 0.1) is 0 Å². The zero-order valence-corrected chi connectivity index (χ0v) is 20.2. The Bertz CT molecular complexity index is 1330. The number of sulfonamides is 1. The SMILES string of the molecule is C=CCn1c(=NC(=O)c2ccc(S(=O)(=O)N3CCCCC3)cc2)sc2cc(OCC)ccc21. The normalized spacial score (nSPS) is 15.6. The van der Waals surface area contributed by atoms with Crippen molar-refractivity contribution < 1.29 is 17.9 Å². The Morgan fingerprint density at radius 3 is 2.55 bits per heavy atom. The van der Waals surface area contributed by atoms with Crippen molar-refractivity contribution in [3.63, 3.8) is 0 Å². The minimum Gasteiger partial charge on any atom is -0.494 e. The van der Waals surface area contributed by atoms with Crippen molar-refractivity contribution in [1.82, 2.24) is 8.87 Å². The van der Waals surface area contributed by atoms with Crippen LogP contribution < -0.4 is 9.54 Å². The lowest BCUT2D eigenvalue weighted by Gasteiger charge is -2.25. The third kappa shape index (κ3) is 4.95. The van der Waals surface area contributed by atoms with Crippen LogP contribution in [0.25, 0.3) is 10.2 Å². The lowest BCUT2D eigenvalue weighted by Crippen LogP contribution is -2.35. The zero-order chi connectivity index (χ0) is 23.4. The molecule has 0 aliphatic carbocycles. The first-order valence-corrected chi connectivity index (χ1v) is 13.3. The van der Waals surface area contributed by atoms with Gasteiger partial charge in [0.2, 0.25) is 10.0 Å². The minimum absolute atomic E-state index is 0.202. The number of rotatable bonds is 7. The third-order valence-corrected chi connectivity index (χ3v) is 8.48. The van der Waals surface area contributed by atoms with Gasteiger partial charge < -0.3 is 9.30 Å². The maximum atomic E-state index is 12.9. The Balaban J connectivity index is 1.64. The number of amides is 1. The van der Waals surface area contributed by atoms with Crippen LogP contribution >= 0.6 is 11.3 Å². The average Bonchev–Trinajstić information content (AvgIpc) is 3.16. The van der Waals surface area contributed by atoms with Gasteiger partial charge in [-0.25, -0.2) is 8.42 Å². The Hall–Kier alpha value is -2.75. The molecular weight excluding hydrogens is 458 g/mol. The molecule has 0 spiro atoms. The number of aromatic nitrogens is 1. The van der Waals surface area contributed by atoms with Gasteiger partial charge in [-0.15, -0.1) is 6.58 Å².